The molecule has 2 heterocycles. The van der Waals surface area contributed by atoms with E-state index in [0.717, 1.165) is 18.7 Å². The number of sulfone groups is 1. The van der Waals surface area contributed by atoms with E-state index in [4.69, 9.17) is 0 Å². The summed E-state index contributed by atoms with van der Waals surface area (Å²) in [5.74, 6) is 2.10. The summed E-state index contributed by atoms with van der Waals surface area (Å²) < 4.78 is 23.2. The smallest absolute Gasteiger partial charge is 0.252 e. The van der Waals surface area contributed by atoms with Gasteiger partial charge in [-0.05, 0) is 19.3 Å². The molecule has 0 amide bonds. The molecule has 0 bridgehead atoms. The molecule has 1 N–H and O–H groups in total. The number of anilines is 1. The van der Waals surface area contributed by atoms with Gasteiger partial charge in [-0.25, -0.2) is 13.4 Å². The second-order valence-electron chi connectivity index (χ2n) is 5.26. The molecule has 0 spiro atoms. The van der Waals surface area contributed by atoms with Crippen LogP contribution in [0.1, 0.15) is 31.0 Å². The number of hydrogen-bond donors (Lipinski definition) is 1. The highest BCUT2D eigenvalue weighted by Gasteiger charge is 2.27. The largest absolute Gasteiger partial charge is 0.355 e. The predicted octanol–water partition coefficient (Wildman–Crippen LogP) is 0.272. The Morgan fingerprint density at radius 3 is 2.79 bits per heavy atom. The zero-order valence-corrected chi connectivity index (χ0v) is 11.4. The highest BCUT2D eigenvalue weighted by atomic mass is 32.2. The first-order valence-electron chi connectivity index (χ1n) is 6.60. The van der Waals surface area contributed by atoms with Crippen molar-refractivity contribution in [2.45, 2.75) is 25.2 Å². The van der Waals surface area contributed by atoms with Crippen LogP contribution >= 0.6 is 0 Å². The molecule has 1 aliphatic carbocycles. The summed E-state index contributed by atoms with van der Waals surface area (Å²) in [5.41, 5.74) is -0.154. The molecule has 1 aliphatic heterocycles. The molecular weight excluding hydrogens is 266 g/mol. The number of aromatic nitrogens is 2. The van der Waals surface area contributed by atoms with Gasteiger partial charge in [0.15, 0.2) is 9.84 Å². The van der Waals surface area contributed by atoms with Gasteiger partial charge in [0, 0.05) is 25.1 Å². The highest BCUT2D eigenvalue weighted by Crippen LogP contribution is 2.37. The number of hydrogen-bond acceptors (Lipinski definition) is 5. The van der Waals surface area contributed by atoms with Crippen molar-refractivity contribution in [3.8, 4) is 0 Å². The van der Waals surface area contributed by atoms with E-state index in [1.807, 2.05) is 4.90 Å². The molecule has 6 nitrogen and oxygen atoms in total. The molecule has 0 aromatic carbocycles. The fourth-order valence-electron chi connectivity index (χ4n) is 2.34. The van der Waals surface area contributed by atoms with E-state index >= 15 is 0 Å². The SMILES string of the molecule is O=c1cc(N2CCCS(=O)(=O)CC2)nc(C2CC2)[nH]1. The number of aromatic amines is 1. The molecule has 7 heteroatoms. The summed E-state index contributed by atoms with van der Waals surface area (Å²) in [7, 11) is -2.94. The average molecular weight is 283 g/mol. The van der Waals surface area contributed by atoms with Crippen molar-refractivity contribution in [1.82, 2.24) is 9.97 Å². The minimum Gasteiger partial charge on any atom is -0.355 e. The lowest BCUT2D eigenvalue weighted by molar-refractivity contribution is 0.597. The van der Waals surface area contributed by atoms with E-state index in [1.165, 1.54) is 6.07 Å². The molecule has 3 rings (SSSR count). The zero-order valence-electron chi connectivity index (χ0n) is 10.6. The summed E-state index contributed by atoms with van der Waals surface area (Å²) >= 11 is 0. The third-order valence-electron chi connectivity index (χ3n) is 3.59. The Morgan fingerprint density at radius 1 is 1.26 bits per heavy atom. The van der Waals surface area contributed by atoms with Crippen LogP contribution in [0.5, 0.6) is 0 Å². The van der Waals surface area contributed by atoms with Gasteiger partial charge in [-0.15, -0.1) is 0 Å². The molecule has 1 aromatic heterocycles. The van der Waals surface area contributed by atoms with Crippen molar-refractivity contribution in [2.24, 2.45) is 0 Å². The van der Waals surface area contributed by atoms with Crippen LogP contribution in [-0.2, 0) is 9.84 Å². The van der Waals surface area contributed by atoms with Crippen molar-refractivity contribution >= 4 is 15.7 Å². The minimum atomic E-state index is -2.94. The molecule has 0 atom stereocenters. The van der Waals surface area contributed by atoms with Gasteiger partial charge < -0.3 is 9.88 Å². The first kappa shape index (κ1) is 12.7. The van der Waals surface area contributed by atoms with E-state index in [9.17, 15) is 13.2 Å². The predicted molar refractivity (Wildman–Crippen MR) is 72.3 cm³/mol. The Balaban J connectivity index is 1.87. The topological polar surface area (TPSA) is 83.1 Å². The summed E-state index contributed by atoms with van der Waals surface area (Å²) in [5, 5.41) is 0. The maximum absolute atomic E-state index is 11.7. The van der Waals surface area contributed by atoms with Crippen LogP contribution < -0.4 is 10.5 Å². The number of nitrogens with one attached hydrogen (secondary N) is 1. The molecule has 19 heavy (non-hydrogen) atoms. The highest BCUT2D eigenvalue weighted by molar-refractivity contribution is 7.91. The van der Waals surface area contributed by atoms with E-state index in [1.54, 1.807) is 0 Å². The van der Waals surface area contributed by atoms with Gasteiger partial charge in [-0.3, -0.25) is 4.79 Å². The van der Waals surface area contributed by atoms with Crippen molar-refractivity contribution in [3.63, 3.8) is 0 Å². The van der Waals surface area contributed by atoms with Crippen LogP contribution in [0.3, 0.4) is 0 Å². The van der Waals surface area contributed by atoms with Crippen molar-refractivity contribution in [3.05, 3.63) is 22.2 Å². The summed E-state index contributed by atoms with van der Waals surface area (Å²) in [6.07, 6.45) is 2.73. The molecular formula is C12H17N3O3S. The van der Waals surface area contributed by atoms with Gasteiger partial charge in [0.1, 0.15) is 11.6 Å². The molecule has 104 valence electrons. The van der Waals surface area contributed by atoms with Crippen LogP contribution in [-0.4, -0.2) is 43.0 Å². The lowest BCUT2D eigenvalue weighted by Gasteiger charge is -2.20. The Hall–Kier alpha value is -1.37. The second-order valence-corrected chi connectivity index (χ2v) is 7.56. The minimum absolute atomic E-state index is 0.139. The standard InChI is InChI=1S/C12H17N3O3S/c16-11-8-10(13-12(14-11)9-2-3-9)15-4-1-6-19(17,18)7-5-15/h8-9H,1-7H2,(H,13,14,16). The number of H-pyrrole nitrogens is 1. The third kappa shape index (κ3) is 2.97. The average Bonchev–Trinajstić information content (AvgIpc) is 3.15. The van der Waals surface area contributed by atoms with Gasteiger partial charge in [-0.1, -0.05) is 0 Å². The second kappa shape index (κ2) is 4.63. The normalized spacial score (nSPS) is 23.1. The van der Waals surface area contributed by atoms with Crippen LogP contribution in [0.15, 0.2) is 10.9 Å². The fourth-order valence-corrected chi connectivity index (χ4v) is 3.61. The van der Waals surface area contributed by atoms with Gasteiger partial charge in [0.2, 0.25) is 0 Å². The third-order valence-corrected chi connectivity index (χ3v) is 5.31. The zero-order chi connectivity index (χ0) is 13.5. The molecule has 1 aromatic rings. The Kier molecular flexibility index (Phi) is 3.08. The van der Waals surface area contributed by atoms with Crippen molar-refractivity contribution in [1.29, 1.82) is 0 Å². The fraction of sp³-hybridized carbons (Fsp3) is 0.667. The summed E-state index contributed by atoms with van der Waals surface area (Å²) in [6.45, 7) is 1.06. The molecule has 1 saturated heterocycles. The summed E-state index contributed by atoms with van der Waals surface area (Å²) in [6, 6.07) is 1.46. The quantitative estimate of drug-likeness (QED) is 0.842. The van der Waals surface area contributed by atoms with Crippen LogP contribution in [0, 0.1) is 0 Å². The van der Waals surface area contributed by atoms with Crippen LogP contribution in [0.25, 0.3) is 0 Å². The Labute approximate surface area is 111 Å². The monoisotopic (exact) mass is 283 g/mol. The van der Waals surface area contributed by atoms with Gasteiger partial charge in [0.05, 0.1) is 11.5 Å². The Morgan fingerprint density at radius 2 is 2.05 bits per heavy atom. The number of rotatable bonds is 2. The van der Waals surface area contributed by atoms with E-state index in [-0.39, 0.29) is 17.1 Å². The molecule has 0 unspecified atom stereocenters. The van der Waals surface area contributed by atoms with Gasteiger partial charge in [0.25, 0.3) is 5.56 Å². The van der Waals surface area contributed by atoms with Crippen LogP contribution in [0.2, 0.25) is 0 Å². The Bertz CT molecular complexity index is 634. The molecule has 2 fully saturated rings. The summed E-state index contributed by atoms with van der Waals surface area (Å²) in [4.78, 5) is 20.8. The van der Waals surface area contributed by atoms with E-state index < -0.39 is 9.84 Å². The molecule has 0 radical (unpaired) electrons. The molecule has 1 saturated carbocycles. The van der Waals surface area contributed by atoms with Crippen molar-refractivity contribution < 1.29 is 8.42 Å². The number of nitrogens with zero attached hydrogens (tertiary/aromatic N) is 2. The maximum atomic E-state index is 11.7. The van der Waals surface area contributed by atoms with Crippen molar-refractivity contribution in [2.75, 3.05) is 29.5 Å². The van der Waals surface area contributed by atoms with E-state index in [0.29, 0.717) is 31.2 Å². The lowest BCUT2D eigenvalue weighted by Crippen LogP contribution is -2.29. The maximum Gasteiger partial charge on any atom is 0.252 e. The molecule has 2 aliphatic rings. The van der Waals surface area contributed by atoms with E-state index in [2.05, 4.69) is 9.97 Å². The first-order chi connectivity index (χ1) is 9.03. The van der Waals surface area contributed by atoms with Gasteiger partial charge in [-0.2, -0.15) is 0 Å². The van der Waals surface area contributed by atoms with Gasteiger partial charge >= 0.3 is 0 Å². The van der Waals surface area contributed by atoms with Crippen LogP contribution in [0.4, 0.5) is 5.82 Å². The lowest BCUT2D eigenvalue weighted by atomic mass is 10.3. The first-order valence-corrected chi connectivity index (χ1v) is 8.42.